The number of carbonyl (C=O) groups is 2. The van der Waals surface area contributed by atoms with Crippen LogP contribution in [0, 0.1) is 13.8 Å². The Balaban J connectivity index is 2.26. The minimum atomic E-state index is -0.353. The summed E-state index contributed by atoms with van der Waals surface area (Å²) in [6.45, 7) is 5.32. The normalized spacial score (nSPS) is 11.0. The van der Waals surface area contributed by atoms with Gasteiger partial charge in [-0.1, -0.05) is 36.4 Å². The average molecular weight is 308 g/mol. The number of nitrogens with one attached hydrogen (secondary N) is 2. The summed E-state index contributed by atoms with van der Waals surface area (Å²) < 4.78 is 0. The van der Waals surface area contributed by atoms with Crippen molar-refractivity contribution in [3.05, 3.63) is 70.9 Å². The molecule has 0 saturated carbocycles. The molecule has 2 aromatic rings. The summed E-state index contributed by atoms with van der Waals surface area (Å²) in [4.78, 5) is 23.9. The molecular weight excluding hydrogens is 288 g/mol. The molecule has 0 heterocycles. The highest BCUT2D eigenvalue weighted by Crippen LogP contribution is 2.15. The van der Waals surface area contributed by atoms with Crippen LogP contribution in [0.4, 0.5) is 5.69 Å². The van der Waals surface area contributed by atoms with Gasteiger partial charge in [0.2, 0.25) is 5.91 Å². The lowest BCUT2D eigenvalue weighted by Gasteiger charge is -2.11. The van der Waals surface area contributed by atoms with E-state index in [0.717, 1.165) is 16.7 Å². The fourth-order valence-corrected chi connectivity index (χ4v) is 2.31. The highest BCUT2D eigenvalue weighted by Gasteiger charge is 2.12. The topological polar surface area (TPSA) is 58.2 Å². The molecule has 0 aliphatic rings. The third-order valence-corrected chi connectivity index (χ3v) is 3.15. The predicted octanol–water partition coefficient (Wildman–Crippen LogP) is 3.42. The van der Waals surface area contributed by atoms with Crippen LogP contribution in [0.15, 0.2) is 54.2 Å². The van der Waals surface area contributed by atoms with Gasteiger partial charge in [-0.15, -0.1) is 0 Å². The van der Waals surface area contributed by atoms with Gasteiger partial charge in [-0.25, -0.2) is 0 Å². The van der Waals surface area contributed by atoms with E-state index in [-0.39, 0.29) is 17.5 Å². The standard InChI is InChI=1S/C19H20N2O2/c1-13-9-14(2)11-17(10-13)21-19(23)18(20-15(3)22)12-16-7-5-4-6-8-16/h4-12H,1-3H3,(H,20,22)(H,21,23)/b18-12+. The van der Waals surface area contributed by atoms with Gasteiger partial charge < -0.3 is 10.6 Å². The van der Waals surface area contributed by atoms with Crippen LogP contribution in [-0.2, 0) is 9.59 Å². The first-order valence-corrected chi connectivity index (χ1v) is 7.38. The molecule has 0 fully saturated rings. The fraction of sp³-hybridized carbons (Fsp3) is 0.158. The molecule has 118 valence electrons. The Morgan fingerprint density at radius 1 is 0.957 bits per heavy atom. The fourth-order valence-electron chi connectivity index (χ4n) is 2.31. The maximum absolute atomic E-state index is 12.5. The second-order valence-corrected chi connectivity index (χ2v) is 5.48. The summed E-state index contributed by atoms with van der Waals surface area (Å²) in [5.74, 6) is -0.642. The summed E-state index contributed by atoms with van der Waals surface area (Å²) in [7, 11) is 0. The lowest BCUT2D eigenvalue weighted by molar-refractivity contribution is -0.120. The lowest BCUT2D eigenvalue weighted by atomic mass is 10.1. The number of aryl methyl sites for hydroxylation is 2. The van der Waals surface area contributed by atoms with Crippen molar-refractivity contribution in [1.29, 1.82) is 0 Å². The Labute approximate surface area is 136 Å². The van der Waals surface area contributed by atoms with Crippen molar-refractivity contribution in [2.24, 2.45) is 0 Å². The molecule has 2 N–H and O–H groups in total. The van der Waals surface area contributed by atoms with E-state index in [9.17, 15) is 9.59 Å². The summed E-state index contributed by atoms with van der Waals surface area (Å²) in [5.41, 5.74) is 3.88. The zero-order chi connectivity index (χ0) is 16.8. The molecule has 4 nitrogen and oxygen atoms in total. The van der Waals surface area contributed by atoms with Crippen molar-refractivity contribution < 1.29 is 9.59 Å². The number of amides is 2. The smallest absolute Gasteiger partial charge is 0.272 e. The monoisotopic (exact) mass is 308 g/mol. The average Bonchev–Trinajstić information content (AvgIpc) is 2.46. The zero-order valence-electron chi connectivity index (χ0n) is 13.5. The Hall–Kier alpha value is -2.88. The minimum absolute atomic E-state index is 0.211. The zero-order valence-corrected chi connectivity index (χ0v) is 13.5. The Kier molecular flexibility index (Phi) is 5.31. The van der Waals surface area contributed by atoms with E-state index in [4.69, 9.17) is 0 Å². The highest BCUT2D eigenvalue weighted by molar-refractivity contribution is 6.08. The van der Waals surface area contributed by atoms with Crippen LogP contribution in [0.3, 0.4) is 0 Å². The van der Waals surface area contributed by atoms with Gasteiger partial charge in [0.25, 0.3) is 5.91 Å². The number of carbonyl (C=O) groups excluding carboxylic acids is 2. The van der Waals surface area contributed by atoms with E-state index in [1.807, 2.05) is 62.4 Å². The quantitative estimate of drug-likeness (QED) is 0.850. The summed E-state index contributed by atoms with van der Waals surface area (Å²) in [6, 6.07) is 15.2. The molecule has 0 spiro atoms. The summed E-state index contributed by atoms with van der Waals surface area (Å²) in [6.07, 6.45) is 1.65. The van der Waals surface area contributed by atoms with Crippen LogP contribution in [0.5, 0.6) is 0 Å². The van der Waals surface area contributed by atoms with E-state index in [1.54, 1.807) is 6.08 Å². The van der Waals surface area contributed by atoms with Crippen molar-refractivity contribution in [3.8, 4) is 0 Å². The predicted molar refractivity (Wildman–Crippen MR) is 92.8 cm³/mol. The molecule has 2 rings (SSSR count). The van der Waals surface area contributed by atoms with E-state index in [1.165, 1.54) is 6.92 Å². The van der Waals surface area contributed by atoms with Gasteiger partial charge in [-0.05, 0) is 48.7 Å². The van der Waals surface area contributed by atoms with Gasteiger partial charge in [-0.3, -0.25) is 9.59 Å². The SMILES string of the molecule is CC(=O)N/C(=C/c1ccccc1)C(=O)Nc1cc(C)cc(C)c1. The maximum Gasteiger partial charge on any atom is 0.272 e. The minimum Gasteiger partial charge on any atom is -0.322 e. The Bertz CT molecular complexity index is 729. The molecule has 2 aromatic carbocycles. The first-order valence-electron chi connectivity index (χ1n) is 7.38. The van der Waals surface area contributed by atoms with Gasteiger partial charge >= 0.3 is 0 Å². The molecule has 0 atom stereocenters. The first kappa shape index (κ1) is 16.5. The van der Waals surface area contributed by atoms with Crippen molar-refractivity contribution in [2.45, 2.75) is 20.8 Å². The van der Waals surface area contributed by atoms with Gasteiger partial charge in [0, 0.05) is 12.6 Å². The van der Waals surface area contributed by atoms with Crippen LogP contribution in [-0.4, -0.2) is 11.8 Å². The highest BCUT2D eigenvalue weighted by atomic mass is 16.2. The maximum atomic E-state index is 12.5. The van der Waals surface area contributed by atoms with Gasteiger partial charge in [0.05, 0.1) is 0 Å². The summed E-state index contributed by atoms with van der Waals surface area (Å²) >= 11 is 0. The van der Waals surface area contributed by atoms with Crippen LogP contribution >= 0.6 is 0 Å². The lowest BCUT2D eigenvalue weighted by Crippen LogP contribution is -2.29. The number of hydrogen-bond acceptors (Lipinski definition) is 2. The van der Waals surface area contributed by atoms with E-state index in [0.29, 0.717) is 5.69 Å². The van der Waals surface area contributed by atoms with Gasteiger partial charge in [0.15, 0.2) is 0 Å². The van der Waals surface area contributed by atoms with Gasteiger partial charge in [-0.2, -0.15) is 0 Å². The van der Waals surface area contributed by atoms with E-state index >= 15 is 0 Å². The van der Waals surface area contributed by atoms with Gasteiger partial charge in [0.1, 0.15) is 5.70 Å². The van der Waals surface area contributed by atoms with Crippen molar-refractivity contribution in [2.75, 3.05) is 5.32 Å². The molecule has 4 heteroatoms. The number of rotatable bonds is 4. The molecule has 0 bridgehead atoms. The van der Waals surface area contributed by atoms with Crippen molar-refractivity contribution >= 4 is 23.6 Å². The Morgan fingerprint density at radius 2 is 1.57 bits per heavy atom. The van der Waals surface area contributed by atoms with Crippen LogP contribution in [0.1, 0.15) is 23.6 Å². The van der Waals surface area contributed by atoms with Crippen molar-refractivity contribution in [1.82, 2.24) is 5.32 Å². The van der Waals surface area contributed by atoms with E-state index in [2.05, 4.69) is 10.6 Å². The molecule has 23 heavy (non-hydrogen) atoms. The van der Waals surface area contributed by atoms with Crippen LogP contribution in [0.25, 0.3) is 6.08 Å². The molecule has 0 unspecified atom stereocenters. The largest absolute Gasteiger partial charge is 0.322 e. The van der Waals surface area contributed by atoms with Crippen LogP contribution in [0.2, 0.25) is 0 Å². The second kappa shape index (κ2) is 7.40. The number of anilines is 1. The molecule has 2 amide bonds. The second-order valence-electron chi connectivity index (χ2n) is 5.48. The molecule has 0 aliphatic carbocycles. The number of hydrogen-bond donors (Lipinski definition) is 2. The third-order valence-electron chi connectivity index (χ3n) is 3.15. The molecular formula is C19H20N2O2. The Morgan fingerprint density at radius 3 is 2.13 bits per heavy atom. The molecule has 0 aromatic heterocycles. The van der Waals surface area contributed by atoms with Crippen LogP contribution < -0.4 is 10.6 Å². The molecule has 0 radical (unpaired) electrons. The van der Waals surface area contributed by atoms with E-state index < -0.39 is 0 Å². The number of benzene rings is 2. The molecule has 0 saturated heterocycles. The summed E-state index contributed by atoms with van der Waals surface area (Å²) in [5, 5.41) is 5.42. The first-order chi connectivity index (χ1) is 10.9. The van der Waals surface area contributed by atoms with Crippen molar-refractivity contribution in [3.63, 3.8) is 0 Å². The third kappa shape index (κ3) is 5.11. The molecule has 0 aliphatic heterocycles.